The van der Waals surface area contributed by atoms with Crippen LogP contribution >= 0.6 is 36.0 Å². The van der Waals surface area contributed by atoms with Crippen LogP contribution in [-0.4, -0.2) is 29.7 Å². The Morgan fingerprint density at radius 2 is 2.36 bits per heavy atom. The van der Waals surface area contributed by atoms with Gasteiger partial charge in [-0.25, -0.2) is 4.98 Å². The van der Waals surface area contributed by atoms with Gasteiger partial charge in [0.2, 0.25) is 0 Å². The van der Waals surface area contributed by atoms with Crippen molar-refractivity contribution in [3.63, 3.8) is 0 Å². The Morgan fingerprint density at radius 1 is 1.50 bits per heavy atom. The molecule has 1 rings (SSSR count). The fourth-order valence-corrected chi connectivity index (χ4v) is 1.99. The summed E-state index contributed by atoms with van der Waals surface area (Å²) in [6.07, 6.45) is 1.74. The first kappa shape index (κ1) is 12.2. The Balaban J connectivity index is 2.21. The molecule has 0 atom stereocenters. The van der Waals surface area contributed by atoms with Crippen molar-refractivity contribution in [3.05, 3.63) is 23.4 Å². The van der Waals surface area contributed by atoms with Crippen molar-refractivity contribution in [3.8, 4) is 0 Å². The van der Waals surface area contributed by atoms with Crippen LogP contribution in [0.3, 0.4) is 0 Å². The van der Waals surface area contributed by atoms with Gasteiger partial charge in [-0.2, -0.15) is 12.6 Å². The number of aromatic nitrogens is 1. The number of ether oxygens (including phenoxy) is 1. The number of pyridine rings is 1. The Morgan fingerprint density at radius 3 is 3.07 bits per heavy atom. The lowest BCUT2D eigenvalue weighted by Gasteiger charge is -2.03. The van der Waals surface area contributed by atoms with Gasteiger partial charge in [0.05, 0.1) is 18.2 Å². The van der Waals surface area contributed by atoms with Crippen LogP contribution in [0, 0.1) is 0 Å². The molecule has 0 saturated heterocycles. The molecule has 1 heterocycles. The van der Waals surface area contributed by atoms with Crippen molar-refractivity contribution >= 4 is 36.0 Å². The number of thioether (sulfide) groups is 1. The van der Waals surface area contributed by atoms with Gasteiger partial charge in [-0.15, -0.1) is 11.8 Å². The summed E-state index contributed by atoms with van der Waals surface area (Å²) in [5, 5.41) is 1.57. The minimum absolute atomic E-state index is 0.694. The molecule has 0 radical (unpaired) electrons. The van der Waals surface area contributed by atoms with Crippen molar-refractivity contribution in [1.29, 1.82) is 0 Å². The molecule has 0 unspecified atom stereocenters. The molecule has 1 aromatic rings. The van der Waals surface area contributed by atoms with E-state index in [9.17, 15) is 0 Å². The lowest BCUT2D eigenvalue weighted by Crippen LogP contribution is -2.00. The zero-order valence-corrected chi connectivity index (χ0v) is 10.1. The van der Waals surface area contributed by atoms with Crippen LogP contribution < -0.4 is 0 Å². The largest absolute Gasteiger partial charge is 0.380 e. The van der Waals surface area contributed by atoms with Crippen molar-refractivity contribution in [2.24, 2.45) is 0 Å². The van der Waals surface area contributed by atoms with Crippen LogP contribution in [0.5, 0.6) is 0 Å². The van der Waals surface area contributed by atoms with E-state index in [1.807, 2.05) is 12.1 Å². The number of hydrogen-bond donors (Lipinski definition) is 1. The van der Waals surface area contributed by atoms with E-state index in [1.54, 1.807) is 18.0 Å². The third-order valence-corrected chi connectivity index (χ3v) is 3.00. The number of halogens is 1. The Kier molecular flexibility index (Phi) is 6.43. The third kappa shape index (κ3) is 4.55. The molecule has 0 fully saturated rings. The van der Waals surface area contributed by atoms with E-state index >= 15 is 0 Å². The molecule has 78 valence electrons. The predicted molar refractivity (Wildman–Crippen MR) is 64.6 cm³/mol. The SMILES string of the molecule is SCCOCCSc1ncccc1Cl. The average Bonchev–Trinajstić information content (AvgIpc) is 2.20. The van der Waals surface area contributed by atoms with Crippen molar-refractivity contribution in [2.75, 3.05) is 24.7 Å². The molecule has 5 heteroatoms. The normalized spacial score (nSPS) is 10.4. The molecule has 0 aliphatic heterocycles. The van der Waals surface area contributed by atoms with Gasteiger partial charge < -0.3 is 4.74 Å². The van der Waals surface area contributed by atoms with Gasteiger partial charge in [0, 0.05) is 17.7 Å². The van der Waals surface area contributed by atoms with E-state index in [0.717, 1.165) is 16.5 Å². The summed E-state index contributed by atoms with van der Waals surface area (Å²) in [4.78, 5) is 4.16. The number of hydrogen-bond acceptors (Lipinski definition) is 4. The van der Waals surface area contributed by atoms with E-state index in [1.165, 1.54) is 0 Å². The molecule has 14 heavy (non-hydrogen) atoms. The number of rotatable bonds is 6. The molecule has 0 bridgehead atoms. The number of nitrogens with zero attached hydrogens (tertiary/aromatic N) is 1. The summed E-state index contributed by atoms with van der Waals surface area (Å²) < 4.78 is 5.28. The van der Waals surface area contributed by atoms with Gasteiger partial charge in [-0.3, -0.25) is 0 Å². The molecule has 0 amide bonds. The van der Waals surface area contributed by atoms with Crippen molar-refractivity contribution in [1.82, 2.24) is 4.98 Å². The van der Waals surface area contributed by atoms with Gasteiger partial charge in [0.1, 0.15) is 5.03 Å². The van der Waals surface area contributed by atoms with Gasteiger partial charge in [-0.1, -0.05) is 11.6 Å². The van der Waals surface area contributed by atoms with E-state index in [0.29, 0.717) is 18.2 Å². The Bertz CT molecular complexity index is 273. The lowest BCUT2D eigenvalue weighted by atomic mass is 10.5. The molecular weight excluding hydrogens is 238 g/mol. The van der Waals surface area contributed by atoms with E-state index in [4.69, 9.17) is 16.3 Å². The summed E-state index contributed by atoms with van der Waals surface area (Å²) in [6.45, 7) is 1.40. The maximum absolute atomic E-state index is 5.93. The highest BCUT2D eigenvalue weighted by Gasteiger charge is 2.00. The number of thiol groups is 1. The molecular formula is C9H12ClNOS2. The third-order valence-electron chi connectivity index (χ3n) is 1.43. The molecule has 0 spiro atoms. The summed E-state index contributed by atoms with van der Waals surface area (Å²) in [5.74, 6) is 1.62. The highest BCUT2D eigenvalue weighted by Crippen LogP contribution is 2.23. The predicted octanol–water partition coefficient (Wildman–Crippen LogP) is 2.77. The minimum Gasteiger partial charge on any atom is -0.380 e. The maximum atomic E-state index is 5.93. The summed E-state index contributed by atoms with van der Waals surface area (Å²) in [5.41, 5.74) is 0. The van der Waals surface area contributed by atoms with Crippen LogP contribution in [0.15, 0.2) is 23.4 Å². The fourth-order valence-electron chi connectivity index (χ4n) is 0.841. The second-order valence-corrected chi connectivity index (χ2v) is 4.41. The van der Waals surface area contributed by atoms with Gasteiger partial charge in [0.25, 0.3) is 0 Å². The molecule has 0 aromatic carbocycles. The topological polar surface area (TPSA) is 22.1 Å². The second kappa shape index (κ2) is 7.40. The zero-order chi connectivity index (χ0) is 10.2. The summed E-state index contributed by atoms with van der Waals surface area (Å²) >= 11 is 11.6. The quantitative estimate of drug-likeness (QED) is 0.476. The minimum atomic E-state index is 0.694. The maximum Gasteiger partial charge on any atom is 0.115 e. The first-order valence-corrected chi connectivity index (χ1v) is 6.26. The molecule has 0 aliphatic rings. The van der Waals surface area contributed by atoms with Gasteiger partial charge >= 0.3 is 0 Å². The van der Waals surface area contributed by atoms with Crippen LogP contribution in [0.1, 0.15) is 0 Å². The molecule has 0 N–H and O–H groups in total. The molecule has 1 aromatic heterocycles. The zero-order valence-electron chi connectivity index (χ0n) is 7.65. The van der Waals surface area contributed by atoms with Crippen molar-refractivity contribution < 1.29 is 4.74 Å². The fraction of sp³-hybridized carbons (Fsp3) is 0.444. The Labute approximate surface area is 98.8 Å². The monoisotopic (exact) mass is 249 g/mol. The van der Waals surface area contributed by atoms with Crippen LogP contribution in [-0.2, 0) is 4.74 Å². The first-order valence-electron chi connectivity index (χ1n) is 4.26. The molecule has 0 saturated carbocycles. The van der Waals surface area contributed by atoms with Gasteiger partial charge in [0.15, 0.2) is 0 Å². The lowest BCUT2D eigenvalue weighted by molar-refractivity contribution is 0.167. The average molecular weight is 250 g/mol. The van der Waals surface area contributed by atoms with E-state index < -0.39 is 0 Å². The summed E-state index contributed by atoms with van der Waals surface area (Å²) in [7, 11) is 0. The van der Waals surface area contributed by atoms with Crippen molar-refractivity contribution in [2.45, 2.75) is 5.03 Å². The molecule has 0 aliphatic carbocycles. The van der Waals surface area contributed by atoms with Crippen LogP contribution in [0.2, 0.25) is 5.02 Å². The van der Waals surface area contributed by atoms with Gasteiger partial charge in [-0.05, 0) is 12.1 Å². The van der Waals surface area contributed by atoms with Crippen LogP contribution in [0.4, 0.5) is 0 Å². The standard InChI is InChI=1S/C9H12ClNOS2/c10-8-2-1-3-11-9(8)14-7-5-12-4-6-13/h1-3,13H,4-7H2. The summed E-state index contributed by atoms with van der Waals surface area (Å²) in [6, 6.07) is 3.66. The van der Waals surface area contributed by atoms with E-state index in [-0.39, 0.29) is 0 Å². The Hall–Kier alpha value is 0.1000. The van der Waals surface area contributed by atoms with E-state index in [2.05, 4.69) is 17.6 Å². The smallest absolute Gasteiger partial charge is 0.115 e. The molecule has 2 nitrogen and oxygen atoms in total. The highest BCUT2D eigenvalue weighted by atomic mass is 35.5. The second-order valence-electron chi connectivity index (χ2n) is 2.47. The first-order chi connectivity index (χ1) is 6.84. The van der Waals surface area contributed by atoms with Crippen LogP contribution in [0.25, 0.3) is 0 Å². The highest BCUT2D eigenvalue weighted by molar-refractivity contribution is 7.99.